The quantitative estimate of drug-likeness (QED) is 0.163. The minimum atomic E-state index is -5.00. The number of esters is 1. The largest absolute Gasteiger partial charge is 0.459 e. The standard InChI is InChI=1S/C39H57F3O6/c1-24(2)32(48-35(44)38(46-7,39(40,41)42)26-11-9-8-10-12-26)16-13-25(3)29-14-15-30-34-31(18-20-37(29,30)5)36(4)19-17-28(43)21-27(36)22-33(34)47-23-45-6/h8-12,24-25,27,29-34H,13-23H2,1-7H3/t25-,27-,29-,30+,31+,32+,33-,34+,36+,37-,38+/m1/s1. The van der Waals surface area contributed by atoms with Crippen LogP contribution in [0, 0.1) is 52.3 Å². The zero-order valence-electron chi connectivity index (χ0n) is 29.9. The molecule has 4 aliphatic carbocycles. The summed E-state index contributed by atoms with van der Waals surface area (Å²) in [5, 5.41) is 0. The number of benzene rings is 1. The number of carbonyl (C=O) groups is 2. The van der Waals surface area contributed by atoms with E-state index in [2.05, 4.69) is 20.8 Å². The average molecular weight is 679 g/mol. The van der Waals surface area contributed by atoms with Gasteiger partial charge >= 0.3 is 12.1 Å². The van der Waals surface area contributed by atoms with Crippen molar-refractivity contribution in [2.75, 3.05) is 21.0 Å². The Kier molecular flexibility index (Phi) is 11.1. The van der Waals surface area contributed by atoms with E-state index in [9.17, 15) is 22.8 Å². The molecule has 0 bridgehead atoms. The van der Waals surface area contributed by atoms with Gasteiger partial charge in [-0.3, -0.25) is 4.79 Å². The Balaban J connectivity index is 1.31. The molecule has 4 aliphatic rings. The molecule has 0 heterocycles. The Bertz CT molecular complexity index is 1270. The summed E-state index contributed by atoms with van der Waals surface area (Å²) in [6, 6.07) is 7.02. The lowest BCUT2D eigenvalue weighted by atomic mass is 9.43. The molecule has 9 heteroatoms. The van der Waals surface area contributed by atoms with Crippen LogP contribution in [-0.2, 0) is 34.1 Å². The number of fused-ring (bicyclic) bond motifs is 5. The third kappa shape index (κ3) is 6.50. The third-order valence-corrected chi connectivity index (χ3v) is 13.7. The first kappa shape index (κ1) is 37.3. The molecule has 4 fully saturated rings. The molecule has 6 nitrogen and oxygen atoms in total. The van der Waals surface area contributed by atoms with Crippen LogP contribution in [0.15, 0.2) is 30.3 Å². The maximum absolute atomic E-state index is 14.6. The summed E-state index contributed by atoms with van der Waals surface area (Å²) in [7, 11) is 2.57. The molecule has 0 amide bonds. The van der Waals surface area contributed by atoms with Gasteiger partial charge in [0.25, 0.3) is 5.60 Å². The molecule has 5 rings (SSSR count). The lowest BCUT2D eigenvalue weighted by molar-refractivity contribution is -0.279. The van der Waals surface area contributed by atoms with Gasteiger partial charge in [0.05, 0.1) is 6.10 Å². The molecule has 270 valence electrons. The molecule has 4 saturated carbocycles. The fourth-order valence-electron chi connectivity index (χ4n) is 11.1. The topological polar surface area (TPSA) is 71.1 Å². The zero-order valence-corrected chi connectivity index (χ0v) is 29.9. The van der Waals surface area contributed by atoms with Crippen molar-refractivity contribution in [3.8, 4) is 0 Å². The van der Waals surface area contributed by atoms with Gasteiger partial charge in [0, 0.05) is 32.6 Å². The van der Waals surface area contributed by atoms with E-state index in [1.165, 1.54) is 24.3 Å². The minimum absolute atomic E-state index is 0.0710. The molecule has 0 spiro atoms. The molecule has 0 aromatic heterocycles. The number of rotatable bonds is 12. The van der Waals surface area contributed by atoms with E-state index in [0.717, 1.165) is 52.1 Å². The Morgan fingerprint density at radius 3 is 2.27 bits per heavy atom. The third-order valence-electron chi connectivity index (χ3n) is 13.7. The summed E-state index contributed by atoms with van der Waals surface area (Å²) >= 11 is 0. The van der Waals surface area contributed by atoms with Gasteiger partial charge < -0.3 is 18.9 Å². The molecule has 1 aromatic rings. The molecule has 11 atom stereocenters. The molecular formula is C39H57F3O6. The highest BCUT2D eigenvalue weighted by atomic mass is 19.4. The number of methoxy groups -OCH3 is 2. The molecule has 0 aliphatic heterocycles. The van der Waals surface area contributed by atoms with Crippen LogP contribution in [0.25, 0.3) is 0 Å². The van der Waals surface area contributed by atoms with Crippen LogP contribution in [0.1, 0.15) is 104 Å². The van der Waals surface area contributed by atoms with Crippen molar-refractivity contribution in [2.45, 2.75) is 123 Å². The van der Waals surface area contributed by atoms with Gasteiger partial charge in [-0.15, -0.1) is 0 Å². The van der Waals surface area contributed by atoms with Crippen molar-refractivity contribution in [2.24, 2.45) is 52.3 Å². The van der Waals surface area contributed by atoms with Gasteiger partial charge in [0.15, 0.2) is 0 Å². The van der Waals surface area contributed by atoms with Gasteiger partial charge in [-0.2, -0.15) is 13.2 Å². The molecule has 0 unspecified atom stereocenters. The highest BCUT2D eigenvalue weighted by Gasteiger charge is 2.65. The summed E-state index contributed by atoms with van der Waals surface area (Å²) in [6.45, 7) is 11.2. The second-order valence-corrected chi connectivity index (χ2v) is 16.3. The molecule has 0 N–H and O–H groups in total. The van der Waals surface area contributed by atoms with Crippen molar-refractivity contribution in [3.05, 3.63) is 35.9 Å². The van der Waals surface area contributed by atoms with E-state index in [4.69, 9.17) is 18.9 Å². The number of ketones is 1. The van der Waals surface area contributed by atoms with Crippen LogP contribution in [-0.4, -0.2) is 51.1 Å². The van der Waals surface area contributed by atoms with E-state index < -0.39 is 23.9 Å². The van der Waals surface area contributed by atoms with E-state index in [1.54, 1.807) is 13.2 Å². The first-order valence-electron chi connectivity index (χ1n) is 18.1. The SMILES string of the molecule is COCO[C@@H]1C[C@H]2CC(=O)CC[C@]2(C)[C@H]2CC[C@]3(C)[C@@H]([C@H](C)CC[C@H](OC(=O)[C@@](OC)(c4ccccc4)C(F)(F)F)C(C)C)CC[C@H]3[C@H]12. The Hall–Kier alpha value is -1.97. The maximum atomic E-state index is 14.6. The van der Waals surface area contributed by atoms with Crippen LogP contribution < -0.4 is 0 Å². The Morgan fingerprint density at radius 2 is 1.65 bits per heavy atom. The van der Waals surface area contributed by atoms with Crippen molar-refractivity contribution < 1.29 is 41.7 Å². The van der Waals surface area contributed by atoms with Crippen LogP contribution in [0.5, 0.6) is 0 Å². The summed E-state index contributed by atoms with van der Waals surface area (Å²) in [4.78, 5) is 26.0. The van der Waals surface area contributed by atoms with Crippen molar-refractivity contribution in [1.82, 2.24) is 0 Å². The molecular weight excluding hydrogens is 621 g/mol. The molecule has 0 radical (unpaired) electrons. The van der Waals surface area contributed by atoms with Crippen molar-refractivity contribution in [3.63, 3.8) is 0 Å². The fraction of sp³-hybridized carbons (Fsp3) is 0.795. The highest BCUT2D eigenvalue weighted by molar-refractivity contribution is 5.83. The van der Waals surface area contributed by atoms with E-state index in [1.807, 2.05) is 13.8 Å². The van der Waals surface area contributed by atoms with Gasteiger partial charge in [0.1, 0.15) is 18.7 Å². The summed E-state index contributed by atoms with van der Waals surface area (Å²) in [6.07, 6.45) is 3.31. The van der Waals surface area contributed by atoms with E-state index in [-0.39, 0.29) is 35.2 Å². The normalized spacial score (nSPS) is 36.0. The highest BCUT2D eigenvalue weighted by Crippen LogP contribution is 2.68. The van der Waals surface area contributed by atoms with Crippen LogP contribution >= 0.6 is 0 Å². The Morgan fingerprint density at radius 1 is 0.958 bits per heavy atom. The second-order valence-electron chi connectivity index (χ2n) is 16.3. The van der Waals surface area contributed by atoms with Crippen molar-refractivity contribution >= 4 is 11.8 Å². The number of hydrogen-bond donors (Lipinski definition) is 0. The lowest BCUT2D eigenvalue weighted by Crippen LogP contribution is -2.59. The summed E-state index contributed by atoms with van der Waals surface area (Å²) in [5.74, 6) is 1.34. The number of halogens is 3. The summed E-state index contributed by atoms with van der Waals surface area (Å²) < 4.78 is 66.3. The first-order valence-corrected chi connectivity index (χ1v) is 18.1. The number of Topliss-reactive ketones (excluding diaryl/α,β-unsaturated/α-hetero) is 1. The Labute approximate surface area is 285 Å². The molecule has 1 aromatic carbocycles. The van der Waals surface area contributed by atoms with Gasteiger partial charge in [-0.25, -0.2) is 4.79 Å². The molecule has 48 heavy (non-hydrogen) atoms. The lowest BCUT2D eigenvalue weighted by Gasteiger charge is -2.62. The first-order chi connectivity index (χ1) is 22.6. The monoisotopic (exact) mass is 678 g/mol. The second kappa shape index (κ2) is 14.3. The number of hydrogen-bond acceptors (Lipinski definition) is 6. The predicted octanol–water partition coefficient (Wildman–Crippen LogP) is 8.90. The van der Waals surface area contributed by atoms with Gasteiger partial charge in [-0.05, 0) is 104 Å². The number of alkyl halides is 3. The fourth-order valence-corrected chi connectivity index (χ4v) is 11.1. The number of carbonyl (C=O) groups excluding carboxylic acids is 2. The average Bonchev–Trinajstić information content (AvgIpc) is 3.39. The maximum Gasteiger partial charge on any atom is 0.432 e. The van der Waals surface area contributed by atoms with E-state index >= 15 is 0 Å². The summed E-state index contributed by atoms with van der Waals surface area (Å²) in [5.41, 5.74) is -3.22. The minimum Gasteiger partial charge on any atom is -0.459 e. The van der Waals surface area contributed by atoms with Crippen LogP contribution in [0.2, 0.25) is 0 Å². The predicted molar refractivity (Wildman–Crippen MR) is 177 cm³/mol. The molecule has 0 saturated heterocycles. The number of ether oxygens (including phenoxy) is 4. The van der Waals surface area contributed by atoms with Crippen LogP contribution in [0.3, 0.4) is 0 Å². The van der Waals surface area contributed by atoms with Crippen LogP contribution in [0.4, 0.5) is 13.2 Å². The smallest absolute Gasteiger partial charge is 0.432 e. The zero-order chi connectivity index (χ0) is 35.1. The van der Waals surface area contributed by atoms with E-state index in [0.29, 0.717) is 60.6 Å². The van der Waals surface area contributed by atoms with Gasteiger partial charge in [-0.1, -0.05) is 65.0 Å². The van der Waals surface area contributed by atoms with Crippen molar-refractivity contribution in [1.29, 1.82) is 0 Å². The van der Waals surface area contributed by atoms with Gasteiger partial charge in [0.2, 0.25) is 0 Å².